The molecule has 2 aromatic rings. The third kappa shape index (κ3) is 2.45. The first-order valence-electron chi connectivity index (χ1n) is 8.57. The molecule has 1 amide bonds. The predicted octanol–water partition coefficient (Wildman–Crippen LogP) is 1.62. The Kier molecular flexibility index (Phi) is 3.68. The monoisotopic (exact) mass is 336 g/mol. The summed E-state index contributed by atoms with van der Waals surface area (Å²) in [6.45, 7) is 1.14. The maximum atomic E-state index is 12.7. The fourth-order valence-corrected chi connectivity index (χ4v) is 3.68. The number of nitrogen functional groups attached to an aromatic ring is 1. The van der Waals surface area contributed by atoms with Crippen LogP contribution in [0.1, 0.15) is 36.1 Å². The van der Waals surface area contributed by atoms with Crippen LogP contribution in [0.2, 0.25) is 0 Å². The Morgan fingerprint density at radius 3 is 2.84 bits per heavy atom. The molecule has 7 nitrogen and oxygen atoms in total. The van der Waals surface area contributed by atoms with Gasteiger partial charge in [0.25, 0.3) is 0 Å². The number of carbonyl (C=O) groups is 1. The average Bonchev–Trinajstić information content (AvgIpc) is 2.97. The van der Waals surface area contributed by atoms with Crippen molar-refractivity contribution >= 4 is 11.7 Å². The highest BCUT2D eigenvalue weighted by Crippen LogP contribution is 2.36. The summed E-state index contributed by atoms with van der Waals surface area (Å²) in [6.07, 6.45) is 7.19. The van der Waals surface area contributed by atoms with Crippen molar-refractivity contribution in [2.75, 3.05) is 12.3 Å². The van der Waals surface area contributed by atoms with E-state index in [1.165, 1.54) is 0 Å². The number of rotatable bonds is 2. The summed E-state index contributed by atoms with van der Waals surface area (Å²) in [5, 5.41) is 9.62. The zero-order valence-corrected chi connectivity index (χ0v) is 14.2. The molecular weight excluding hydrogens is 316 g/mol. The zero-order valence-electron chi connectivity index (χ0n) is 14.2. The van der Waals surface area contributed by atoms with Crippen molar-refractivity contribution in [3.05, 3.63) is 29.3 Å². The van der Waals surface area contributed by atoms with E-state index >= 15 is 0 Å². The van der Waals surface area contributed by atoms with Crippen molar-refractivity contribution in [2.24, 2.45) is 13.0 Å². The van der Waals surface area contributed by atoms with E-state index in [9.17, 15) is 10.1 Å². The van der Waals surface area contributed by atoms with Crippen LogP contribution < -0.4 is 5.73 Å². The first-order valence-corrected chi connectivity index (χ1v) is 8.57. The van der Waals surface area contributed by atoms with E-state index < -0.39 is 0 Å². The Hall–Kier alpha value is -2.88. The molecule has 4 rings (SSSR count). The second-order valence-corrected chi connectivity index (χ2v) is 6.81. The summed E-state index contributed by atoms with van der Waals surface area (Å²) < 4.78 is 1.86. The summed E-state index contributed by atoms with van der Waals surface area (Å²) >= 11 is 0. The van der Waals surface area contributed by atoms with E-state index in [0.29, 0.717) is 25.1 Å². The number of amides is 1. The highest BCUT2D eigenvalue weighted by molar-refractivity contribution is 5.82. The number of hydrogen-bond acceptors (Lipinski definition) is 5. The number of aromatic nitrogens is 3. The Bertz CT molecular complexity index is 890. The van der Waals surface area contributed by atoms with Crippen molar-refractivity contribution in [1.29, 1.82) is 5.26 Å². The number of aryl methyl sites for hydroxylation is 1. The molecule has 25 heavy (non-hydrogen) atoms. The molecule has 0 saturated heterocycles. The van der Waals surface area contributed by atoms with Gasteiger partial charge in [0, 0.05) is 43.6 Å². The Balaban J connectivity index is 1.81. The Morgan fingerprint density at radius 2 is 2.24 bits per heavy atom. The molecule has 1 aliphatic carbocycles. The number of imidazole rings is 1. The van der Waals surface area contributed by atoms with Crippen molar-refractivity contribution in [1.82, 2.24) is 19.4 Å². The molecule has 7 heteroatoms. The number of carbonyl (C=O) groups excluding carboxylic acids is 1. The van der Waals surface area contributed by atoms with Crippen LogP contribution in [0, 0.1) is 17.2 Å². The van der Waals surface area contributed by atoms with E-state index in [0.717, 1.165) is 41.8 Å². The lowest BCUT2D eigenvalue weighted by Crippen LogP contribution is -2.42. The molecule has 0 bridgehead atoms. The fraction of sp³-hybridized carbons (Fsp3) is 0.444. The molecule has 2 aliphatic rings. The topological polar surface area (TPSA) is 101 Å². The normalized spacial score (nSPS) is 16.9. The van der Waals surface area contributed by atoms with Crippen molar-refractivity contribution in [3.63, 3.8) is 0 Å². The highest BCUT2D eigenvalue weighted by atomic mass is 16.2. The molecule has 0 aromatic carbocycles. The number of pyridine rings is 1. The minimum atomic E-state index is 0.166. The third-order valence-corrected chi connectivity index (χ3v) is 5.33. The first kappa shape index (κ1) is 15.6. The number of hydrogen-bond donors (Lipinski definition) is 1. The number of nitrogens with zero attached hydrogens (tertiary/aromatic N) is 5. The van der Waals surface area contributed by atoms with Crippen LogP contribution in [0.4, 0.5) is 5.82 Å². The molecule has 0 spiro atoms. The lowest BCUT2D eigenvalue weighted by Gasteiger charge is -2.35. The van der Waals surface area contributed by atoms with Crippen molar-refractivity contribution in [2.45, 2.75) is 32.2 Å². The summed E-state index contributed by atoms with van der Waals surface area (Å²) in [5.41, 5.74) is 9.79. The van der Waals surface area contributed by atoms with Gasteiger partial charge in [-0.15, -0.1) is 0 Å². The summed E-state index contributed by atoms with van der Waals surface area (Å²) in [7, 11) is 1.88. The van der Waals surface area contributed by atoms with Gasteiger partial charge < -0.3 is 15.2 Å². The molecule has 2 N–H and O–H groups in total. The lowest BCUT2D eigenvalue weighted by atomic mass is 9.83. The fourth-order valence-electron chi connectivity index (χ4n) is 3.68. The second kappa shape index (κ2) is 5.88. The van der Waals surface area contributed by atoms with Gasteiger partial charge >= 0.3 is 0 Å². The minimum absolute atomic E-state index is 0.166. The van der Waals surface area contributed by atoms with Gasteiger partial charge in [-0.2, -0.15) is 5.26 Å². The summed E-state index contributed by atoms with van der Waals surface area (Å²) in [5.74, 6) is 0.637. The van der Waals surface area contributed by atoms with E-state index in [1.54, 1.807) is 12.5 Å². The maximum Gasteiger partial charge on any atom is 0.225 e. The van der Waals surface area contributed by atoms with Gasteiger partial charge in [-0.1, -0.05) is 6.42 Å². The minimum Gasteiger partial charge on any atom is -0.383 e. The summed E-state index contributed by atoms with van der Waals surface area (Å²) in [4.78, 5) is 23.2. The maximum absolute atomic E-state index is 12.7. The van der Waals surface area contributed by atoms with E-state index in [4.69, 9.17) is 5.73 Å². The van der Waals surface area contributed by atoms with Crippen LogP contribution in [-0.4, -0.2) is 31.9 Å². The molecule has 0 radical (unpaired) electrons. The second-order valence-electron chi connectivity index (χ2n) is 6.81. The number of anilines is 1. The Labute approximate surface area is 146 Å². The van der Waals surface area contributed by atoms with Crippen molar-refractivity contribution < 1.29 is 4.79 Å². The molecule has 128 valence electrons. The van der Waals surface area contributed by atoms with E-state index in [2.05, 4.69) is 16.0 Å². The average molecular weight is 336 g/mol. The summed E-state index contributed by atoms with van der Waals surface area (Å²) in [6, 6.07) is 2.19. The van der Waals surface area contributed by atoms with Gasteiger partial charge in [0.05, 0.1) is 23.9 Å². The highest BCUT2D eigenvalue weighted by Gasteiger charge is 2.33. The smallest absolute Gasteiger partial charge is 0.225 e. The van der Waals surface area contributed by atoms with Gasteiger partial charge in [-0.25, -0.2) is 9.97 Å². The van der Waals surface area contributed by atoms with Gasteiger partial charge in [0.1, 0.15) is 17.5 Å². The van der Waals surface area contributed by atoms with Crippen molar-refractivity contribution in [3.8, 4) is 17.3 Å². The molecular formula is C18H20N6O. The van der Waals surface area contributed by atoms with E-state index in [1.807, 2.05) is 16.5 Å². The van der Waals surface area contributed by atoms with Crippen LogP contribution in [0.3, 0.4) is 0 Å². The molecule has 2 aromatic heterocycles. The van der Waals surface area contributed by atoms with Gasteiger partial charge in [-0.3, -0.25) is 4.79 Å². The van der Waals surface area contributed by atoms with Crippen LogP contribution >= 0.6 is 0 Å². The molecule has 0 atom stereocenters. The number of fused-ring (bicyclic) bond motifs is 1. The molecule has 0 unspecified atom stereocenters. The predicted molar refractivity (Wildman–Crippen MR) is 92.0 cm³/mol. The van der Waals surface area contributed by atoms with E-state index in [-0.39, 0.29) is 17.6 Å². The molecule has 1 aliphatic heterocycles. The third-order valence-electron chi connectivity index (χ3n) is 5.33. The first-order chi connectivity index (χ1) is 12.1. The van der Waals surface area contributed by atoms with Gasteiger partial charge in [0.15, 0.2) is 0 Å². The lowest BCUT2D eigenvalue weighted by molar-refractivity contribution is -0.139. The number of nitriles is 1. The Morgan fingerprint density at radius 1 is 1.44 bits per heavy atom. The standard InChI is InChI=1S/C18H20N6O/c1-23-10-21-8-15(23)16-12(7-19)17(20)22-14-5-6-24(9-13(14)16)18(25)11-3-2-4-11/h8,10-11H,2-6,9H2,1H3,(H2,20,22). The number of nitrogens with two attached hydrogens (primary N) is 1. The van der Waals surface area contributed by atoms with Crippen LogP contribution in [0.25, 0.3) is 11.3 Å². The van der Waals surface area contributed by atoms with Gasteiger partial charge in [-0.05, 0) is 12.8 Å². The van der Waals surface area contributed by atoms with Crippen LogP contribution in [0.15, 0.2) is 12.5 Å². The molecule has 1 fully saturated rings. The molecule has 3 heterocycles. The largest absolute Gasteiger partial charge is 0.383 e. The van der Waals surface area contributed by atoms with Crippen LogP contribution in [-0.2, 0) is 24.8 Å². The quantitative estimate of drug-likeness (QED) is 0.898. The SMILES string of the molecule is Cn1cncc1-c1c(C#N)c(N)nc2c1CN(C(=O)C1CCC1)CC2. The zero-order chi connectivity index (χ0) is 17.6. The van der Waals surface area contributed by atoms with Gasteiger partial charge in [0.2, 0.25) is 5.91 Å². The molecule has 1 saturated carbocycles. The van der Waals surface area contributed by atoms with Crippen LogP contribution in [0.5, 0.6) is 0 Å².